The Morgan fingerprint density at radius 3 is 1.06 bits per heavy atom. The summed E-state index contributed by atoms with van der Waals surface area (Å²) in [5.41, 5.74) is 16.8. The van der Waals surface area contributed by atoms with Crippen LogP contribution in [-0.4, -0.2) is 24.1 Å². The van der Waals surface area contributed by atoms with Crippen LogP contribution in [0.5, 0.6) is 0 Å². The minimum atomic E-state index is 0.615. The standard InChI is InChI=1S/C55H41N5.2C2H6/c1-34-19-25-48-43(29-34)44-30-35(2)20-26-49(44)59(48)47-18-12-11-17-41(47)42-24-23-40(33-52(42)60-50-27-21-36(3)31-45(50)46-32-37(4)22-28-51(46)60)55-57-53(38-13-7-5-8-14-38)56-54(58-55)39-15-9-6-10-16-39;2*1-2/h5-33H,1-4H3;2*1-2H3. The fraction of sp³-hybridized carbons (Fsp3) is 0.136. The lowest BCUT2D eigenvalue weighted by atomic mass is 9.98. The monoisotopic (exact) mass is 831 g/mol. The highest BCUT2D eigenvalue weighted by Gasteiger charge is 2.22. The molecule has 11 rings (SSSR count). The van der Waals surface area contributed by atoms with Gasteiger partial charge in [0.05, 0.1) is 33.4 Å². The summed E-state index contributed by atoms with van der Waals surface area (Å²) in [5, 5.41) is 4.96. The topological polar surface area (TPSA) is 48.5 Å². The van der Waals surface area contributed by atoms with Crippen molar-refractivity contribution in [3.8, 4) is 56.7 Å². The van der Waals surface area contributed by atoms with Crippen molar-refractivity contribution in [3.63, 3.8) is 0 Å². The van der Waals surface area contributed by atoms with Crippen LogP contribution in [0.15, 0.2) is 176 Å². The number of rotatable bonds is 6. The molecule has 0 spiro atoms. The minimum Gasteiger partial charge on any atom is -0.309 e. The Kier molecular flexibility index (Phi) is 11.5. The van der Waals surface area contributed by atoms with E-state index in [1.165, 1.54) is 54.8 Å². The summed E-state index contributed by atoms with van der Waals surface area (Å²) < 4.78 is 4.88. The van der Waals surface area contributed by atoms with Crippen LogP contribution in [0.2, 0.25) is 0 Å². The predicted octanol–water partition coefficient (Wildman–Crippen LogP) is 16.0. The molecule has 8 aromatic carbocycles. The first-order chi connectivity index (χ1) is 31.4. The van der Waals surface area contributed by atoms with Gasteiger partial charge in [-0.1, -0.05) is 165 Å². The van der Waals surface area contributed by atoms with Crippen molar-refractivity contribution < 1.29 is 0 Å². The SMILES string of the molecule is CC.CC.Cc1ccc2c(c1)c1cc(C)ccc1n2-c1ccccc1-c1ccc(-c2nc(-c3ccccc3)nc(-c3ccccc3)n2)cc1-n1c2ccc(C)cc2c2cc(C)ccc21. The lowest BCUT2D eigenvalue weighted by Gasteiger charge is -2.19. The van der Waals surface area contributed by atoms with Gasteiger partial charge in [-0.3, -0.25) is 0 Å². The zero-order chi connectivity index (χ0) is 44.5. The van der Waals surface area contributed by atoms with Gasteiger partial charge in [-0.25, -0.2) is 15.0 Å². The number of nitrogens with zero attached hydrogens (tertiary/aromatic N) is 5. The molecular weight excluding hydrogens is 779 g/mol. The second-order valence-electron chi connectivity index (χ2n) is 16.0. The highest BCUT2D eigenvalue weighted by Crippen LogP contribution is 2.42. The van der Waals surface area contributed by atoms with E-state index in [4.69, 9.17) is 15.0 Å². The summed E-state index contributed by atoms with van der Waals surface area (Å²) in [6.45, 7) is 16.7. The molecular formula is C59H53N5. The Bertz CT molecular complexity index is 3290. The maximum absolute atomic E-state index is 5.18. The highest BCUT2D eigenvalue weighted by atomic mass is 15.0. The molecule has 3 heterocycles. The first-order valence-corrected chi connectivity index (χ1v) is 22.5. The molecule has 5 heteroatoms. The Morgan fingerprint density at radius 1 is 0.297 bits per heavy atom. The molecule has 5 nitrogen and oxygen atoms in total. The van der Waals surface area contributed by atoms with Crippen LogP contribution in [0.25, 0.3) is 100 Å². The molecule has 0 atom stereocenters. The Morgan fingerprint density at radius 2 is 0.641 bits per heavy atom. The summed E-state index contributed by atoms with van der Waals surface area (Å²) in [6, 6.07) is 63.1. The summed E-state index contributed by atoms with van der Waals surface area (Å²) >= 11 is 0. The molecule has 0 fully saturated rings. The third-order valence-electron chi connectivity index (χ3n) is 11.8. The number of hydrogen-bond acceptors (Lipinski definition) is 3. The van der Waals surface area contributed by atoms with E-state index in [1.54, 1.807) is 0 Å². The van der Waals surface area contributed by atoms with Gasteiger partial charge in [0.25, 0.3) is 0 Å². The van der Waals surface area contributed by atoms with Gasteiger partial charge in [-0.2, -0.15) is 0 Å². The number of para-hydroxylation sites is 1. The van der Waals surface area contributed by atoms with Crippen LogP contribution < -0.4 is 0 Å². The van der Waals surface area contributed by atoms with E-state index in [0.29, 0.717) is 17.5 Å². The Hall–Kier alpha value is -7.63. The average Bonchev–Trinajstić information content (AvgIpc) is 3.83. The molecule has 0 amide bonds. The van der Waals surface area contributed by atoms with Crippen molar-refractivity contribution in [2.45, 2.75) is 55.4 Å². The molecule has 0 aliphatic carbocycles. The summed E-state index contributed by atoms with van der Waals surface area (Å²) in [7, 11) is 0. The van der Waals surface area contributed by atoms with Gasteiger partial charge in [0.15, 0.2) is 17.5 Å². The lowest BCUT2D eigenvalue weighted by Crippen LogP contribution is -2.03. The number of fused-ring (bicyclic) bond motifs is 6. The van der Waals surface area contributed by atoms with Crippen LogP contribution in [0, 0.1) is 27.7 Å². The van der Waals surface area contributed by atoms with Crippen LogP contribution in [-0.2, 0) is 0 Å². The molecule has 314 valence electrons. The van der Waals surface area contributed by atoms with E-state index < -0.39 is 0 Å². The minimum absolute atomic E-state index is 0.615. The largest absolute Gasteiger partial charge is 0.309 e. The zero-order valence-corrected chi connectivity index (χ0v) is 38.0. The normalized spacial score (nSPS) is 11.1. The molecule has 0 aliphatic rings. The van der Waals surface area contributed by atoms with Gasteiger partial charge < -0.3 is 9.13 Å². The fourth-order valence-electron chi connectivity index (χ4n) is 8.94. The van der Waals surface area contributed by atoms with Crippen molar-refractivity contribution in [2.75, 3.05) is 0 Å². The van der Waals surface area contributed by atoms with E-state index in [-0.39, 0.29) is 0 Å². The summed E-state index contributed by atoms with van der Waals surface area (Å²) in [4.78, 5) is 15.4. The van der Waals surface area contributed by atoms with E-state index in [1.807, 2.05) is 64.1 Å². The van der Waals surface area contributed by atoms with Gasteiger partial charge in [-0.15, -0.1) is 0 Å². The van der Waals surface area contributed by atoms with Crippen molar-refractivity contribution in [2.24, 2.45) is 0 Å². The predicted molar refractivity (Wildman–Crippen MR) is 272 cm³/mol. The zero-order valence-electron chi connectivity index (χ0n) is 38.0. The van der Waals surface area contributed by atoms with E-state index in [9.17, 15) is 0 Å². The van der Waals surface area contributed by atoms with E-state index in [2.05, 4.69) is 176 Å². The van der Waals surface area contributed by atoms with E-state index >= 15 is 0 Å². The lowest BCUT2D eigenvalue weighted by molar-refractivity contribution is 1.07. The van der Waals surface area contributed by atoms with Crippen LogP contribution in [0.4, 0.5) is 0 Å². The van der Waals surface area contributed by atoms with E-state index in [0.717, 1.165) is 50.2 Å². The van der Waals surface area contributed by atoms with Gasteiger partial charge in [-0.05, 0) is 88.4 Å². The van der Waals surface area contributed by atoms with Gasteiger partial charge in [0.1, 0.15) is 0 Å². The molecule has 0 saturated carbocycles. The van der Waals surface area contributed by atoms with Gasteiger partial charge in [0, 0.05) is 49.4 Å². The maximum atomic E-state index is 5.18. The second-order valence-corrected chi connectivity index (χ2v) is 16.0. The summed E-state index contributed by atoms with van der Waals surface area (Å²) in [6.07, 6.45) is 0. The van der Waals surface area contributed by atoms with Crippen molar-refractivity contribution in [1.82, 2.24) is 24.1 Å². The summed E-state index contributed by atoms with van der Waals surface area (Å²) in [5.74, 6) is 1.88. The number of benzene rings is 8. The van der Waals surface area contributed by atoms with Crippen molar-refractivity contribution in [3.05, 3.63) is 198 Å². The quantitative estimate of drug-likeness (QED) is 0.168. The highest BCUT2D eigenvalue weighted by molar-refractivity contribution is 6.12. The maximum Gasteiger partial charge on any atom is 0.164 e. The Labute approximate surface area is 376 Å². The van der Waals surface area contributed by atoms with Crippen LogP contribution in [0.1, 0.15) is 49.9 Å². The molecule has 3 aromatic heterocycles. The number of aryl methyl sites for hydroxylation is 4. The third-order valence-corrected chi connectivity index (χ3v) is 11.8. The Balaban J connectivity index is 0.00000126. The smallest absolute Gasteiger partial charge is 0.164 e. The first kappa shape index (κ1) is 41.7. The fourth-order valence-corrected chi connectivity index (χ4v) is 8.94. The van der Waals surface area contributed by atoms with Crippen molar-refractivity contribution >= 4 is 43.6 Å². The molecule has 64 heavy (non-hydrogen) atoms. The molecule has 0 aliphatic heterocycles. The molecule has 11 aromatic rings. The average molecular weight is 832 g/mol. The van der Waals surface area contributed by atoms with Crippen LogP contribution >= 0.6 is 0 Å². The van der Waals surface area contributed by atoms with Crippen LogP contribution in [0.3, 0.4) is 0 Å². The van der Waals surface area contributed by atoms with Crippen molar-refractivity contribution in [1.29, 1.82) is 0 Å². The third kappa shape index (κ3) is 7.43. The molecule has 0 radical (unpaired) electrons. The number of hydrogen-bond donors (Lipinski definition) is 0. The molecule has 0 N–H and O–H groups in total. The molecule has 0 bridgehead atoms. The molecule has 0 saturated heterocycles. The second kappa shape index (κ2) is 17.6. The van der Waals surface area contributed by atoms with Gasteiger partial charge >= 0.3 is 0 Å². The first-order valence-electron chi connectivity index (χ1n) is 22.5. The number of aromatic nitrogens is 5. The molecule has 0 unspecified atom stereocenters. The van der Waals surface area contributed by atoms with Gasteiger partial charge in [0.2, 0.25) is 0 Å².